The van der Waals surface area contributed by atoms with Gasteiger partial charge in [0.25, 0.3) is 0 Å². The van der Waals surface area contributed by atoms with E-state index in [0.29, 0.717) is 0 Å². The Bertz CT molecular complexity index is 558. The molecule has 0 bridgehead atoms. The van der Waals surface area contributed by atoms with E-state index in [9.17, 15) is 0 Å². The van der Waals surface area contributed by atoms with Crippen molar-refractivity contribution in [2.75, 3.05) is 17.2 Å². The Hall–Kier alpha value is -1.55. The summed E-state index contributed by atoms with van der Waals surface area (Å²) < 4.78 is 1.11. The third-order valence-corrected chi connectivity index (χ3v) is 3.34. The molecule has 0 aliphatic heterocycles. The highest BCUT2D eigenvalue weighted by Crippen LogP contribution is 2.28. The normalized spacial score (nSPS) is 10.3. The molecule has 0 saturated heterocycles. The van der Waals surface area contributed by atoms with E-state index in [-0.39, 0.29) is 0 Å². The molecule has 4 heteroatoms. The van der Waals surface area contributed by atoms with Gasteiger partial charge in [0.15, 0.2) is 0 Å². The van der Waals surface area contributed by atoms with Gasteiger partial charge in [0.05, 0.1) is 0 Å². The third-order valence-electron chi connectivity index (χ3n) is 2.88. The molecule has 0 unspecified atom stereocenters. The van der Waals surface area contributed by atoms with Gasteiger partial charge in [-0.05, 0) is 50.1 Å². The lowest BCUT2D eigenvalue weighted by Gasteiger charge is -2.14. The van der Waals surface area contributed by atoms with Gasteiger partial charge in [0.1, 0.15) is 5.82 Å². The zero-order valence-corrected chi connectivity index (χ0v) is 13.0. The van der Waals surface area contributed by atoms with Gasteiger partial charge < -0.3 is 10.6 Å². The molecule has 0 aliphatic carbocycles. The first-order chi connectivity index (χ1) is 9.10. The number of aromatic nitrogens is 1. The van der Waals surface area contributed by atoms with E-state index in [1.807, 2.05) is 18.3 Å². The van der Waals surface area contributed by atoms with Gasteiger partial charge in [-0.15, -0.1) is 0 Å². The second kappa shape index (κ2) is 6.06. The van der Waals surface area contributed by atoms with Crippen molar-refractivity contribution in [2.45, 2.75) is 20.8 Å². The SMILES string of the molecule is CCNc1cc(Nc2c(C)cc(Br)cc2C)ccn1. The minimum absolute atomic E-state index is 0.868. The van der Waals surface area contributed by atoms with Crippen LogP contribution in [0.4, 0.5) is 17.2 Å². The van der Waals surface area contributed by atoms with Crippen molar-refractivity contribution < 1.29 is 0 Å². The maximum absolute atomic E-state index is 4.27. The first kappa shape index (κ1) is 13.9. The van der Waals surface area contributed by atoms with Crippen molar-refractivity contribution in [3.8, 4) is 0 Å². The van der Waals surface area contributed by atoms with Gasteiger partial charge in [0, 0.05) is 34.7 Å². The average Bonchev–Trinajstić information content (AvgIpc) is 2.35. The summed E-state index contributed by atoms with van der Waals surface area (Å²) in [6.07, 6.45) is 1.81. The van der Waals surface area contributed by atoms with Crippen molar-refractivity contribution in [1.29, 1.82) is 0 Å². The minimum Gasteiger partial charge on any atom is -0.370 e. The molecule has 2 aromatic rings. The number of pyridine rings is 1. The van der Waals surface area contributed by atoms with Crippen molar-refractivity contribution in [2.24, 2.45) is 0 Å². The molecule has 2 N–H and O–H groups in total. The number of hydrogen-bond donors (Lipinski definition) is 2. The molecule has 0 aliphatic rings. The lowest BCUT2D eigenvalue weighted by molar-refractivity contribution is 1.16. The molecule has 1 aromatic heterocycles. The molecule has 19 heavy (non-hydrogen) atoms. The summed E-state index contributed by atoms with van der Waals surface area (Å²) in [7, 11) is 0. The molecule has 0 amide bonds. The quantitative estimate of drug-likeness (QED) is 0.862. The fraction of sp³-hybridized carbons (Fsp3) is 0.267. The number of rotatable bonds is 4. The molecule has 1 aromatic carbocycles. The predicted molar refractivity (Wildman–Crippen MR) is 85.3 cm³/mol. The monoisotopic (exact) mass is 319 g/mol. The zero-order valence-electron chi connectivity index (χ0n) is 11.4. The van der Waals surface area contributed by atoms with Crippen LogP contribution in [0.15, 0.2) is 34.9 Å². The van der Waals surface area contributed by atoms with Crippen molar-refractivity contribution in [3.05, 3.63) is 46.1 Å². The zero-order chi connectivity index (χ0) is 13.8. The lowest BCUT2D eigenvalue weighted by Crippen LogP contribution is -2.01. The molecule has 0 fully saturated rings. The third kappa shape index (κ3) is 3.47. The molecular formula is C15H18BrN3. The summed E-state index contributed by atoms with van der Waals surface area (Å²) in [4.78, 5) is 4.27. The van der Waals surface area contributed by atoms with Crippen LogP contribution < -0.4 is 10.6 Å². The van der Waals surface area contributed by atoms with Crippen molar-refractivity contribution >= 4 is 33.1 Å². The van der Waals surface area contributed by atoms with E-state index in [1.165, 1.54) is 11.1 Å². The molecule has 1 heterocycles. The van der Waals surface area contributed by atoms with Crippen molar-refractivity contribution in [3.63, 3.8) is 0 Å². The number of nitrogens with one attached hydrogen (secondary N) is 2. The largest absolute Gasteiger partial charge is 0.370 e. The molecule has 3 nitrogen and oxygen atoms in total. The van der Waals surface area contributed by atoms with Gasteiger partial charge >= 0.3 is 0 Å². The Kier molecular flexibility index (Phi) is 4.43. The van der Waals surface area contributed by atoms with E-state index < -0.39 is 0 Å². The number of hydrogen-bond acceptors (Lipinski definition) is 3. The Labute approximate surface area is 122 Å². The van der Waals surface area contributed by atoms with Crippen LogP contribution in [-0.4, -0.2) is 11.5 Å². The van der Waals surface area contributed by atoms with Gasteiger partial charge in [0.2, 0.25) is 0 Å². The second-order valence-electron chi connectivity index (χ2n) is 4.50. The summed E-state index contributed by atoms with van der Waals surface area (Å²) in [5, 5.41) is 6.68. The van der Waals surface area contributed by atoms with Gasteiger partial charge in [-0.2, -0.15) is 0 Å². The lowest BCUT2D eigenvalue weighted by atomic mass is 10.1. The molecule has 0 atom stereocenters. The first-order valence-electron chi connectivity index (χ1n) is 6.34. The standard InChI is InChI=1S/C15H18BrN3/c1-4-17-14-9-13(5-6-18-14)19-15-10(2)7-12(16)8-11(15)3/h5-9H,4H2,1-3H3,(H2,17,18,19). The summed E-state index contributed by atoms with van der Waals surface area (Å²) in [6.45, 7) is 7.14. The summed E-state index contributed by atoms with van der Waals surface area (Å²) in [6, 6.07) is 8.22. The van der Waals surface area contributed by atoms with Crippen LogP contribution >= 0.6 is 15.9 Å². The van der Waals surface area contributed by atoms with Crippen LogP contribution in [-0.2, 0) is 0 Å². The topological polar surface area (TPSA) is 37.0 Å². The van der Waals surface area contributed by atoms with Crippen LogP contribution in [0.1, 0.15) is 18.1 Å². The summed E-state index contributed by atoms with van der Waals surface area (Å²) >= 11 is 3.52. The van der Waals surface area contributed by atoms with E-state index in [4.69, 9.17) is 0 Å². The molecule has 100 valence electrons. The van der Waals surface area contributed by atoms with Crippen LogP contribution in [0.3, 0.4) is 0 Å². The van der Waals surface area contributed by atoms with Crippen LogP contribution in [0, 0.1) is 13.8 Å². The van der Waals surface area contributed by atoms with E-state index in [2.05, 4.69) is 64.5 Å². The number of halogens is 1. The van der Waals surface area contributed by atoms with Gasteiger partial charge in [-0.3, -0.25) is 0 Å². The van der Waals surface area contributed by atoms with E-state index >= 15 is 0 Å². The minimum atomic E-state index is 0.868. The highest BCUT2D eigenvalue weighted by atomic mass is 79.9. The number of benzene rings is 1. The maximum Gasteiger partial charge on any atom is 0.127 e. The Morgan fingerprint density at radius 2 is 1.84 bits per heavy atom. The Morgan fingerprint density at radius 1 is 1.16 bits per heavy atom. The second-order valence-corrected chi connectivity index (χ2v) is 5.42. The maximum atomic E-state index is 4.27. The summed E-state index contributed by atoms with van der Waals surface area (Å²) in [5.74, 6) is 0.889. The fourth-order valence-electron chi connectivity index (χ4n) is 2.04. The fourth-order valence-corrected chi connectivity index (χ4v) is 2.73. The smallest absolute Gasteiger partial charge is 0.127 e. The highest BCUT2D eigenvalue weighted by molar-refractivity contribution is 9.10. The Morgan fingerprint density at radius 3 is 2.47 bits per heavy atom. The molecular weight excluding hydrogens is 302 g/mol. The van der Waals surface area contributed by atoms with Crippen LogP contribution in [0.25, 0.3) is 0 Å². The van der Waals surface area contributed by atoms with E-state index in [0.717, 1.165) is 28.2 Å². The van der Waals surface area contributed by atoms with Crippen LogP contribution in [0.5, 0.6) is 0 Å². The Balaban J connectivity index is 2.28. The highest BCUT2D eigenvalue weighted by Gasteiger charge is 2.05. The predicted octanol–water partition coefficient (Wildman–Crippen LogP) is 4.64. The first-order valence-corrected chi connectivity index (χ1v) is 7.13. The number of nitrogens with zero attached hydrogens (tertiary/aromatic N) is 1. The summed E-state index contributed by atoms with van der Waals surface area (Å²) in [5.41, 5.74) is 4.62. The number of aryl methyl sites for hydroxylation is 2. The molecule has 0 saturated carbocycles. The average molecular weight is 320 g/mol. The van der Waals surface area contributed by atoms with Gasteiger partial charge in [-0.1, -0.05) is 15.9 Å². The molecule has 2 rings (SSSR count). The number of anilines is 3. The molecule has 0 radical (unpaired) electrons. The van der Waals surface area contributed by atoms with Gasteiger partial charge in [-0.25, -0.2) is 4.98 Å². The van der Waals surface area contributed by atoms with E-state index in [1.54, 1.807) is 0 Å². The molecule has 0 spiro atoms. The van der Waals surface area contributed by atoms with Crippen molar-refractivity contribution in [1.82, 2.24) is 4.98 Å². The van der Waals surface area contributed by atoms with Crippen LogP contribution in [0.2, 0.25) is 0 Å².